The predicted molar refractivity (Wildman–Crippen MR) is 120 cm³/mol. The minimum atomic E-state index is -0.656. The molecule has 0 saturated heterocycles. The highest BCUT2D eigenvalue weighted by Crippen LogP contribution is 2.28. The van der Waals surface area contributed by atoms with Crippen molar-refractivity contribution in [3.63, 3.8) is 0 Å². The molecule has 4 aromatic rings. The van der Waals surface area contributed by atoms with E-state index < -0.39 is 5.63 Å². The van der Waals surface area contributed by atoms with Crippen molar-refractivity contribution in [3.05, 3.63) is 105 Å². The van der Waals surface area contributed by atoms with Crippen LogP contribution in [0.15, 0.2) is 87.0 Å². The van der Waals surface area contributed by atoms with Crippen molar-refractivity contribution in [1.82, 2.24) is 0 Å². The summed E-state index contributed by atoms with van der Waals surface area (Å²) in [5, 5.41) is 0.649. The molecule has 0 amide bonds. The van der Waals surface area contributed by atoms with Gasteiger partial charge in [-0.3, -0.25) is 9.79 Å². The van der Waals surface area contributed by atoms with Crippen LogP contribution in [0, 0.1) is 0 Å². The Morgan fingerprint density at radius 3 is 2.61 bits per heavy atom. The van der Waals surface area contributed by atoms with Crippen LogP contribution in [-0.2, 0) is 12.8 Å². The second-order valence-corrected chi connectivity index (χ2v) is 7.49. The van der Waals surface area contributed by atoms with Crippen molar-refractivity contribution in [2.75, 3.05) is 7.11 Å². The van der Waals surface area contributed by atoms with Crippen LogP contribution in [0.2, 0.25) is 0 Å². The van der Waals surface area contributed by atoms with E-state index in [0.29, 0.717) is 16.7 Å². The lowest BCUT2D eigenvalue weighted by atomic mass is 9.99. The monoisotopic (exact) mass is 409 g/mol. The quantitative estimate of drug-likeness (QED) is 0.347. The number of fused-ring (bicyclic) bond motifs is 2. The molecule has 1 aliphatic rings. The molecule has 1 aromatic heterocycles. The molecule has 0 unspecified atom stereocenters. The number of aliphatic imine (C=N–C) groups is 1. The standard InChI is InChI=1S/C26H19NO4/c1-30-24-8-4-6-19-14-20(26(29)31-25(19)24)23(28)13-16-9-11-17(12-10-16)22-15-18-5-2-3-7-21(18)27-22/h2-12,14H,13,15H2,1H3. The van der Waals surface area contributed by atoms with E-state index >= 15 is 0 Å². The average molecular weight is 409 g/mol. The molecule has 0 aliphatic carbocycles. The number of rotatable bonds is 5. The summed E-state index contributed by atoms with van der Waals surface area (Å²) in [6.07, 6.45) is 0.920. The summed E-state index contributed by atoms with van der Waals surface area (Å²) in [6.45, 7) is 0. The number of para-hydroxylation sites is 2. The highest BCUT2D eigenvalue weighted by molar-refractivity contribution is 6.06. The molecule has 0 saturated carbocycles. The van der Waals surface area contributed by atoms with Crippen molar-refractivity contribution < 1.29 is 13.9 Å². The molecule has 0 atom stereocenters. The molecule has 0 N–H and O–H groups in total. The predicted octanol–water partition coefficient (Wildman–Crippen LogP) is 4.90. The Labute approximate surface area is 178 Å². The van der Waals surface area contributed by atoms with E-state index in [2.05, 4.69) is 6.07 Å². The fraction of sp³-hybridized carbons (Fsp3) is 0.115. The minimum absolute atomic E-state index is 0.0421. The topological polar surface area (TPSA) is 68.9 Å². The third-order valence-electron chi connectivity index (χ3n) is 5.50. The number of ether oxygens (including phenoxy) is 1. The van der Waals surface area contributed by atoms with Gasteiger partial charge in [0.15, 0.2) is 17.1 Å². The normalized spacial score (nSPS) is 12.5. The van der Waals surface area contributed by atoms with E-state index in [4.69, 9.17) is 14.1 Å². The fourth-order valence-corrected chi connectivity index (χ4v) is 3.87. The molecule has 0 radical (unpaired) electrons. The van der Waals surface area contributed by atoms with Crippen LogP contribution < -0.4 is 10.4 Å². The molecule has 0 bridgehead atoms. The minimum Gasteiger partial charge on any atom is -0.493 e. The van der Waals surface area contributed by atoms with Crippen LogP contribution in [-0.4, -0.2) is 18.6 Å². The van der Waals surface area contributed by atoms with Crippen LogP contribution in [0.25, 0.3) is 11.0 Å². The van der Waals surface area contributed by atoms with Crippen LogP contribution in [0.1, 0.15) is 27.0 Å². The summed E-state index contributed by atoms with van der Waals surface area (Å²) >= 11 is 0. The van der Waals surface area contributed by atoms with Crippen molar-refractivity contribution in [2.45, 2.75) is 12.8 Å². The van der Waals surface area contributed by atoms with E-state index in [1.165, 1.54) is 12.7 Å². The maximum Gasteiger partial charge on any atom is 0.347 e. The molecule has 1 aliphatic heterocycles. The van der Waals surface area contributed by atoms with Crippen LogP contribution in [0.5, 0.6) is 5.75 Å². The molecule has 0 spiro atoms. The first-order valence-corrected chi connectivity index (χ1v) is 10.0. The smallest absolute Gasteiger partial charge is 0.347 e. The van der Waals surface area contributed by atoms with E-state index in [0.717, 1.165) is 28.9 Å². The van der Waals surface area contributed by atoms with Crippen molar-refractivity contribution in [2.24, 2.45) is 4.99 Å². The van der Waals surface area contributed by atoms with E-state index in [1.807, 2.05) is 42.5 Å². The van der Waals surface area contributed by atoms with Gasteiger partial charge < -0.3 is 9.15 Å². The maximum atomic E-state index is 12.8. The van der Waals surface area contributed by atoms with Crippen molar-refractivity contribution in [3.8, 4) is 5.75 Å². The number of hydrogen-bond acceptors (Lipinski definition) is 5. The van der Waals surface area contributed by atoms with Gasteiger partial charge in [0.05, 0.1) is 18.5 Å². The van der Waals surface area contributed by atoms with E-state index in [-0.39, 0.29) is 17.8 Å². The zero-order valence-electron chi connectivity index (χ0n) is 16.9. The van der Waals surface area contributed by atoms with Gasteiger partial charge in [-0.05, 0) is 34.9 Å². The van der Waals surface area contributed by atoms with Gasteiger partial charge in [0.2, 0.25) is 0 Å². The van der Waals surface area contributed by atoms with Crippen LogP contribution in [0.4, 0.5) is 5.69 Å². The second kappa shape index (κ2) is 7.69. The van der Waals surface area contributed by atoms with Gasteiger partial charge in [0.25, 0.3) is 0 Å². The molecular formula is C26H19NO4. The zero-order chi connectivity index (χ0) is 21.4. The zero-order valence-corrected chi connectivity index (χ0v) is 16.9. The molecule has 152 valence electrons. The van der Waals surface area contributed by atoms with Gasteiger partial charge in [-0.25, -0.2) is 4.79 Å². The molecule has 3 aromatic carbocycles. The highest BCUT2D eigenvalue weighted by Gasteiger charge is 2.18. The van der Waals surface area contributed by atoms with Gasteiger partial charge in [0, 0.05) is 18.2 Å². The summed E-state index contributed by atoms with van der Waals surface area (Å²) in [5.74, 6) is 0.179. The summed E-state index contributed by atoms with van der Waals surface area (Å²) in [4.78, 5) is 29.9. The first-order valence-electron chi connectivity index (χ1n) is 10.0. The second-order valence-electron chi connectivity index (χ2n) is 7.49. The highest BCUT2D eigenvalue weighted by atomic mass is 16.5. The number of hydrogen-bond donors (Lipinski definition) is 0. The van der Waals surface area contributed by atoms with E-state index in [1.54, 1.807) is 24.3 Å². The number of methoxy groups -OCH3 is 1. The number of Topliss-reactive ketones (excluding diaryl/α,β-unsaturated/α-hetero) is 1. The first-order chi connectivity index (χ1) is 15.1. The third kappa shape index (κ3) is 3.55. The molecule has 5 nitrogen and oxygen atoms in total. The number of ketones is 1. The third-order valence-corrected chi connectivity index (χ3v) is 5.50. The molecule has 5 rings (SSSR count). The van der Waals surface area contributed by atoms with Crippen molar-refractivity contribution in [1.29, 1.82) is 0 Å². The summed E-state index contributed by atoms with van der Waals surface area (Å²) in [6, 6.07) is 22.7. The summed E-state index contributed by atoms with van der Waals surface area (Å²) in [5.41, 5.74) is 4.84. The lowest BCUT2D eigenvalue weighted by Crippen LogP contribution is -2.16. The molecule has 5 heteroatoms. The SMILES string of the molecule is COc1cccc2cc(C(=O)Cc3ccc(C4=Nc5ccccc5C4)cc3)c(=O)oc12. The summed E-state index contributed by atoms with van der Waals surface area (Å²) < 4.78 is 10.6. The summed E-state index contributed by atoms with van der Waals surface area (Å²) in [7, 11) is 1.51. The number of nitrogens with zero attached hydrogens (tertiary/aromatic N) is 1. The van der Waals surface area contributed by atoms with Crippen LogP contribution in [0.3, 0.4) is 0 Å². The van der Waals surface area contributed by atoms with Crippen LogP contribution >= 0.6 is 0 Å². The van der Waals surface area contributed by atoms with Gasteiger partial charge in [-0.15, -0.1) is 0 Å². The molecule has 0 fully saturated rings. The Morgan fingerprint density at radius 1 is 1.03 bits per heavy atom. The Balaban J connectivity index is 1.37. The Morgan fingerprint density at radius 2 is 1.84 bits per heavy atom. The fourth-order valence-electron chi connectivity index (χ4n) is 3.87. The van der Waals surface area contributed by atoms with Crippen molar-refractivity contribution >= 4 is 28.2 Å². The van der Waals surface area contributed by atoms with E-state index in [9.17, 15) is 9.59 Å². The Hall–Kier alpha value is -3.99. The number of benzene rings is 3. The Kier molecular flexibility index (Phi) is 4.71. The van der Waals surface area contributed by atoms with Gasteiger partial charge in [-0.1, -0.05) is 54.6 Å². The maximum absolute atomic E-state index is 12.8. The number of carbonyl (C=O) groups is 1. The van der Waals surface area contributed by atoms with Gasteiger partial charge in [-0.2, -0.15) is 0 Å². The lowest BCUT2D eigenvalue weighted by molar-refractivity contribution is 0.0989. The lowest BCUT2D eigenvalue weighted by Gasteiger charge is -2.06. The largest absolute Gasteiger partial charge is 0.493 e. The number of carbonyl (C=O) groups excluding carboxylic acids is 1. The molecular weight excluding hydrogens is 390 g/mol. The molecule has 31 heavy (non-hydrogen) atoms. The Bertz CT molecular complexity index is 1400. The first kappa shape index (κ1) is 19.0. The average Bonchev–Trinajstić information content (AvgIpc) is 3.23. The molecule has 2 heterocycles. The van der Waals surface area contributed by atoms with Gasteiger partial charge >= 0.3 is 5.63 Å². The van der Waals surface area contributed by atoms with Gasteiger partial charge in [0.1, 0.15) is 5.56 Å².